The first-order chi connectivity index (χ1) is 15.1. The van der Waals surface area contributed by atoms with E-state index in [1.165, 1.54) is 11.3 Å². The van der Waals surface area contributed by atoms with E-state index >= 15 is 0 Å². The lowest BCUT2D eigenvalue weighted by molar-refractivity contribution is 0.0635. The van der Waals surface area contributed by atoms with Gasteiger partial charge in [-0.1, -0.05) is 6.07 Å². The number of hydrogen-bond donors (Lipinski definition) is 1. The molecule has 1 aliphatic heterocycles. The number of aromatic nitrogens is 2. The molecule has 6 nitrogen and oxygen atoms in total. The summed E-state index contributed by atoms with van der Waals surface area (Å²) in [5, 5.41) is 4.59. The molecule has 1 amide bonds. The number of likely N-dealkylation sites (tertiary alicyclic amines) is 1. The molecule has 1 atom stereocenters. The third-order valence-electron chi connectivity index (χ3n) is 5.73. The molecule has 0 aliphatic carbocycles. The third kappa shape index (κ3) is 3.86. The molecule has 0 saturated carbocycles. The van der Waals surface area contributed by atoms with Gasteiger partial charge < -0.3 is 15.0 Å². The maximum Gasteiger partial charge on any atom is 0.264 e. The van der Waals surface area contributed by atoms with Crippen LogP contribution in [0.3, 0.4) is 0 Å². The second-order valence-electron chi connectivity index (χ2n) is 7.92. The van der Waals surface area contributed by atoms with Crippen LogP contribution in [-0.2, 0) is 4.74 Å². The summed E-state index contributed by atoms with van der Waals surface area (Å²) >= 11 is 1.49. The van der Waals surface area contributed by atoms with E-state index < -0.39 is 0 Å². The first-order valence-electron chi connectivity index (χ1n) is 10.5. The summed E-state index contributed by atoms with van der Waals surface area (Å²) in [7, 11) is 1.69. The highest BCUT2D eigenvalue weighted by molar-refractivity contribution is 7.21. The zero-order chi connectivity index (χ0) is 21.4. The van der Waals surface area contributed by atoms with Crippen LogP contribution < -0.4 is 5.32 Å². The molecule has 1 unspecified atom stereocenters. The van der Waals surface area contributed by atoms with Crippen molar-refractivity contribution in [2.45, 2.75) is 25.8 Å². The molecular weight excluding hydrogens is 408 g/mol. The number of anilines is 2. The Morgan fingerprint density at radius 1 is 1.23 bits per heavy atom. The van der Waals surface area contributed by atoms with Crippen molar-refractivity contribution in [3.63, 3.8) is 0 Å². The predicted octanol–water partition coefficient (Wildman–Crippen LogP) is 5.15. The van der Waals surface area contributed by atoms with Gasteiger partial charge in [0.15, 0.2) is 0 Å². The normalized spacial score (nSPS) is 16.3. The van der Waals surface area contributed by atoms with Gasteiger partial charge in [-0.25, -0.2) is 0 Å². The summed E-state index contributed by atoms with van der Waals surface area (Å²) in [6, 6.07) is 14.3. The van der Waals surface area contributed by atoms with Gasteiger partial charge in [0, 0.05) is 36.6 Å². The highest BCUT2D eigenvalue weighted by Gasteiger charge is 2.30. The van der Waals surface area contributed by atoms with Crippen molar-refractivity contribution < 1.29 is 9.53 Å². The minimum absolute atomic E-state index is 0.0700. The van der Waals surface area contributed by atoms with Crippen LogP contribution in [0.25, 0.3) is 21.1 Å². The summed E-state index contributed by atoms with van der Waals surface area (Å²) in [6.07, 6.45) is 3.79. The van der Waals surface area contributed by atoms with Gasteiger partial charge in [-0.2, -0.15) is 0 Å². The topological polar surface area (TPSA) is 67.3 Å². The molecular formula is C24H24N4O2S. The Labute approximate surface area is 184 Å². The molecule has 7 heteroatoms. The van der Waals surface area contributed by atoms with Gasteiger partial charge in [-0.05, 0) is 56.2 Å². The summed E-state index contributed by atoms with van der Waals surface area (Å²) in [5.74, 6) is 0.0700. The zero-order valence-electron chi connectivity index (χ0n) is 17.6. The maximum atomic E-state index is 13.2. The van der Waals surface area contributed by atoms with E-state index in [-0.39, 0.29) is 11.9 Å². The molecule has 1 N–H and O–H groups in total. The lowest BCUT2D eigenvalue weighted by Crippen LogP contribution is -2.37. The van der Waals surface area contributed by atoms with Gasteiger partial charge >= 0.3 is 0 Å². The Balaban J connectivity index is 1.45. The molecule has 31 heavy (non-hydrogen) atoms. The fourth-order valence-electron chi connectivity index (χ4n) is 4.21. The molecule has 1 aliphatic rings. The molecule has 1 aromatic carbocycles. The number of carbonyl (C=O) groups is 1. The monoisotopic (exact) mass is 432 g/mol. The number of hydrogen-bond acceptors (Lipinski definition) is 6. The number of pyridine rings is 2. The average Bonchev–Trinajstić information content (AvgIpc) is 3.41. The number of carbonyl (C=O) groups excluding carboxylic acids is 1. The van der Waals surface area contributed by atoms with Crippen LogP contribution in [0.1, 0.15) is 28.2 Å². The highest BCUT2D eigenvalue weighted by Crippen LogP contribution is 2.34. The van der Waals surface area contributed by atoms with E-state index in [0.717, 1.165) is 62.5 Å². The number of nitrogens with zero attached hydrogens (tertiary/aromatic N) is 3. The second kappa shape index (κ2) is 8.24. The van der Waals surface area contributed by atoms with Crippen molar-refractivity contribution in [2.75, 3.05) is 25.6 Å². The van der Waals surface area contributed by atoms with E-state index in [1.54, 1.807) is 13.3 Å². The largest absolute Gasteiger partial charge is 0.383 e. The zero-order valence-corrected chi connectivity index (χ0v) is 18.4. The van der Waals surface area contributed by atoms with Crippen molar-refractivity contribution in [3.8, 4) is 0 Å². The second-order valence-corrected chi connectivity index (χ2v) is 8.97. The van der Waals surface area contributed by atoms with Gasteiger partial charge in [0.25, 0.3) is 5.91 Å². The lowest BCUT2D eigenvalue weighted by Gasteiger charge is -2.23. The number of benzene rings is 1. The first-order valence-corrected chi connectivity index (χ1v) is 11.3. The molecule has 1 fully saturated rings. The predicted molar refractivity (Wildman–Crippen MR) is 125 cm³/mol. The molecule has 4 aromatic rings. The van der Waals surface area contributed by atoms with Crippen molar-refractivity contribution in [1.29, 1.82) is 0 Å². The number of methoxy groups -OCH3 is 1. The number of aryl methyl sites for hydroxylation is 1. The molecule has 0 radical (unpaired) electrons. The number of nitrogens with one attached hydrogen (secondary N) is 1. The Bertz CT molecular complexity index is 1270. The number of rotatable bonds is 5. The van der Waals surface area contributed by atoms with Crippen LogP contribution in [0.15, 0.2) is 48.7 Å². The van der Waals surface area contributed by atoms with Crippen LogP contribution in [-0.4, -0.2) is 47.1 Å². The van der Waals surface area contributed by atoms with Crippen LogP contribution >= 0.6 is 11.3 Å². The Morgan fingerprint density at radius 3 is 3.00 bits per heavy atom. The summed E-state index contributed by atoms with van der Waals surface area (Å²) < 4.78 is 6.29. The van der Waals surface area contributed by atoms with Crippen molar-refractivity contribution in [3.05, 3.63) is 59.2 Å². The summed E-state index contributed by atoms with van der Waals surface area (Å²) in [4.78, 5) is 24.9. The van der Waals surface area contributed by atoms with E-state index in [4.69, 9.17) is 4.74 Å². The maximum absolute atomic E-state index is 13.2. The number of fused-ring (bicyclic) bond motifs is 2. The SMILES string of the molecule is COCC1CCCN1C(=O)c1cc2nccc(Nc3ccc4nc(C)ccc4c3)c2s1. The summed E-state index contributed by atoms with van der Waals surface area (Å²) in [6.45, 7) is 3.36. The van der Waals surface area contributed by atoms with Crippen molar-refractivity contribution in [1.82, 2.24) is 14.9 Å². The van der Waals surface area contributed by atoms with Crippen LogP contribution in [0.4, 0.5) is 11.4 Å². The molecule has 158 valence electrons. The Morgan fingerprint density at radius 2 is 2.13 bits per heavy atom. The average molecular weight is 433 g/mol. The molecule has 1 saturated heterocycles. The smallest absolute Gasteiger partial charge is 0.264 e. The van der Waals surface area contributed by atoms with Gasteiger partial charge in [0.1, 0.15) is 0 Å². The molecule has 0 spiro atoms. The van der Waals surface area contributed by atoms with E-state index in [2.05, 4.69) is 27.4 Å². The number of amides is 1. The standard InChI is InChI=1S/C24H24N4O2S/c1-15-5-6-16-12-17(7-8-19(16)26-15)27-20-9-10-25-21-13-22(31-23(20)21)24(29)28-11-3-4-18(28)14-30-2/h5-10,12-13,18H,3-4,11,14H2,1-2H3,(H,25,27). The van der Waals surface area contributed by atoms with Gasteiger partial charge in [-0.3, -0.25) is 14.8 Å². The van der Waals surface area contributed by atoms with Crippen LogP contribution in [0, 0.1) is 6.92 Å². The quantitative estimate of drug-likeness (QED) is 0.473. The minimum atomic E-state index is 0.0700. The molecule has 4 heterocycles. The van der Waals surface area contributed by atoms with Crippen LogP contribution in [0.5, 0.6) is 0 Å². The molecule has 5 rings (SSSR count). The fourth-order valence-corrected chi connectivity index (χ4v) is 5.25. The number of ether oxygens (including phenoxy) is 1. The third-order valence-corrected chi connectivity index (χ3v) is 6.87. The molecule has 3 aromatic heterocycles. The summed E-state index contributed by atoms with van der Waals surface area (Å²) in [5.41, 5.74) is 4.74. The minimum Gasteiger partial charge on any atom is -0.383 e. The van der Waals surface area contributed by atoms with Crippen LogP contribution in [0.2, 0.25) is 0 Å². The van der Waals surface area contributed by atoms with E-state index in [9.17, 15) is 4.79 Å². The fraction of sp³-hybridized carbons (Fsp3) is 0.292. The Kier molecular flexibility index (Phi) is 5.29. The lowest BCUT2D eigenvalue weighted by atomic mass is 10.2. The van der Waals surface area contributed by atoms with E-state index in [1.807, 2.05) is 42.2 Å². The van der Waals surface area contributed by atoms with Crippen molar-refractivity contribution in [2.24, 2.45) is 0 Å². The highest BCUT2D eigenvalue weighted by atomic mass is 32.1. The molecule has 0 bridgehead atoms. The van der Waals surface area contributed by atoms with E-state index in [0.29, 0.717) is 6.61 Å². The van der Waals surface area contributed by atoms with Crippen molar-refractivity contribution >= 4 is 49.7 Å². The Hall–Kier alpha value is -3.03. The van der Waals surface area contributed by atoms with Gasteiger partial charge in [-0.15, -0.1) is 11.3 Å². The van der Waals surface area contributed by atoms with Gasteiger partial charge in [0.2, 0.25) is 0 Å². The first kappa shape index (κ1) is 19.9. The van der Waals surface area contributed by atoms with Gasteiger partial charge in [0.05, 0.1) is 38.9 Å². The number of thiophene rings is 1.